The molecule has 1 fully saturated rings. The van der Waals surface area contributed by atoms with E-state index in [-0.39, 0.29) is 12.5 Å². The Labute approximate surface area is 173 Å². The van der Waals surface area contributed by atoms with Gasteiger partial charge in [-0.1, -0.05) is 0 Å². The molecule has 0 radical (unpaired) electrons. The molecule has 0 atom stereocenters. The third-order valence-electron chi connectivity index (χ3n) is 5.89. The average Bonchev–Trinajstić information content (AvgIpc) is 3.38. The first-order chi connectivity index (χ1) is 14.6. The molecule has 6 nitrogen and oxygen atoms in total. The molecule has 1 aromatic heterocycles. The zero-order valence-corrected chi connectivity index (χ0v) is 16.5. The molecule has 0 N–H and O–H groups in total. The number of anilines is 1. The molecule has 1 amide bonds. The van der Waals surface area contributed by atoms with E-state index in [2.05, 4.69) is 0 Å². The fraction of sp³-hybridized carbons (Fsp3) is 0.292. The van der Waals surface area contributed by atoms with Crippen molar-refractivity contribution >= 4 is 28.5 Å². The third kappa shape index (κ3) is 3.38. The summed E-state index contributed by atoms with van der Waals surface area (Å²) in [4.78, 5) is 38.1. The van der Waals surface area contributed by atoms with Crippen LogP contribution in [-0.2, 0) is 29.0 Å². The first kappa shape index (κ1) is 18.6. The van der Waals surface area contributed by atoms with Gasteiger partial charge in [-0.3, -0.25) is 4.79 Å². The highest BCUT2D eigenvalue weighted by molar-refractivity contribution is 5.96. The maximum atomic E-state index is 12.5. The van der Waals surface area contributed by atoms with E-state index >= 15 is 0 Å². The van der Waals surface area contributed by atoms with Crippen LogP contribution in [0.5, 0.6) is 0 Å². The SMILES string of the molecule is O=C(OCc1cc(=O)oc2cc3c(cc12)CCC3)c1ccc(N2CCCC2=O)cc1. The van der Waals surface area contributed by atoms with E-state index in [4.69, 9.17) is 9.15 Å². The number of esters is 1. The van der Waals surface area contributed by atoms with E-state index in [0.29, 0.717) is 29.7 Å². The zero-order chi connectivity index (χ0) is 20.7. The number of ether oxygens (including phenoxy) is 1. The molecule has 6 heteroatoms. The molecule has 0 unspecified atom stereocenters. The molecule has 0 spiro atoms. The van der Waals surface area contributed by atoms with Gasteiger partial charge in [-0.25, -0.2) is 9.59 Å². The normalized spacial score (nSPS) is 15.6. The number of fused-ring (bicyclic) bond motifs is 2. The number of carbonyl (C=O) groups is 2. The minimum absolute atomic E-state index is 0.00785. The minimum atomic E-state index is -0.475. The van der Waals surface area contributed by atoms with Gasteiger partial charge in [0, 0.05) is 35.7 Å². The molecule has 3 aromatic rings. The minimum Gasteiger partial charge on any atom is -0.457 e. The summed E-state index contributed by atoms with van der Waals surface area (Å²) in [6.07, 6.45) is 4.51. The number of benzene rings is 2. The second-order valence-corrected chi connectivity index (χ2v) is 7.83. The largest absolute Gasteiger partial charge is 0.457 e. The first-order valence-electron chi connectivity index (χ1n) is 10.2. The Morgan fingerprint density at radius 1 is 0.967 bits per heavy atom. The second-order valence-electron chi connectivity index (χ2n) is 7.83. The Bertz CT molecular complexity index is 1210. The summed E-state index contributed by atoms with van der Waals surface area (Å²) < 4.78 is 10.8. The lowest BCUT2D eigenvalue weighted by Gasteiger charge is -2.15. The van der Waals surface area contributed by atoms with Crippen LogP contribution >= 0.6 is 0 Å². The number of aryl methyl sites for hydroxylation is 2. The van der Waals surface area contributed by atoms with E-state index < -0.39 is 11.6 Å². The number of nitrogens with zero attached hydrogens (tertiary/aromatic N) is 1. The summed E-state index contributed by atoms with van der Waals surface area (Å²) in [5.41, 5.74) is 4.39. The van der Waals surface area contributed by atoms with Crippen molar-refractivity contribution in [3.63, 3.8) is 0 Å². The highest BCUT2D eigenvalue weighted by atomic mass is 16.5. The molecule has 2 heterocycles. The predicted octanol–water partition coefficient (Wildman–Crippen LogP) is 3.77. The molecule has 1 aliphatic heterocycles. The zero-order valence-electron chi connectivity index (χ0n) is 16.5. The molecule has 30 heavy (non-hydrogen) atoms. The lowest BCUT2D eigenvalue weighted by atomic mass is 10.0. The highest BCUT2D eigenvalue weighted by Crippen LogP contribution is 2.29. The van der Waals surface area contributed by atoms with Crippen molar-refractivity contribution in [3.05, 3.63) is 75.1 Å². The Balaban J connectivity index is 1.34. The van der Waals surface area contributed by atoms with Crippen molar-refractivity contribution < 1.29 is 18.7 Å². The maximum Gasteiger partial charge on any atom is 0.338 e. The van der Waals surface area contributed by atoms with Crippen LogP contribution in [-0.4, -0.2) is 18.4 Å². The van der Waals surface area contributed by atoms with Crippen LogP contribution in [0, 0.1) is 0 Å². The summed E-state index contributed by atoms with van der Waals surface area (Å²) in [7, 11) is 0. The standard InChI is InChI=1S/C24H21NO5/c26-22-5-2-10-25(22)19-8-6-15(7-9-19)24(28)29-14-18-13-23(27)30-21-12-17-4-1-3-16(17)11-20(18)21/h6-9,11-13H,1-5,10,14H2. The number of hydrogen-bond acceptors (Lipinski definition) is 5. The van der Waals surface area contributed by atoms with Crippen molar-refractivity contribution in [2.24, 2.45) is 0 Å². The van der Waals surface area contributed by atoms with Gasteiger partial charge in [0.15, 0.2) is 0 Å². The fourth-order valence-electron chi connectivity index (χ4n) is 4.34. The van der Waals surface area contributed by atoms with E-state index in [9.17, 15) is 14.4 Å². The predicted molar refractivity (Wildman–Crippen MR) is 112 cm³/mol. The van der Waals surface area contributed by atoms with Gasteiger partial charge >= 0.3 is 11.6 Å². The number of carbonyl (C=O) groups excluding carboxylic acids is 2. The Morgan fingerprint density at radius 2 is 1.73 bits per heavy atom. The number of hydrogen-bond donors (Lipinski definition) is 0. The van der Waals surface area contributed by atoms with Crippen molar-refractivity contribution in [2.75, 3.05) is 11.4 Å². The van der Waals surface area contributed by atoms with Gasteiger partial charge in [0.2, 0.25) is 5.91 Å². The van der Waals surface area contributed by atoms with Crippen molar-refractivity contribution in [1.82, 2.24) is 0 Å². The maximum absolute atomic E-state index is 12.5. The third-order valence-corrected chi connectivity index (χ3v) is 5.89. The molecule has 1 saturated heterocycles. The Kier molecular flexibility index (Phi) is 4.62. The van der Waals surface area contributed by atoms with E-state index in [1.165, 1.54) is 17.2 Å². The smallest absolute Gasteiger partial charge is 0.338 e. The molecular formula is C24H21NO5. The van der Waals surface area contributed by atoms with Crippen LogP contribution in [0.25, 0.3) is 11.0 Å². The first-order valence-corrected chi connectivity index (χ1v) is 10.2. The average molecular weight is 403 g/mol. The van der Waals surface area contributed by atoms with Crippen LogP contribution < -0.4 is 10.5 Å². The summed E-state index contributed by atoms with van der Waals surface area (Å²) in [5.74, 6) is -0.372. The molecule has 5 rings (SSSR count). The van der Waals surface area contributed by atoms with Crippen LogP contribution in [0.15, 0.2) is 51.7 Å². The quantitative estimate of drug-likeness (QED) is 0.490. The van der Waals surface area contributed by atoms with Gasteiger partial charge in [-0.15, -0.1) is 0 Å². The van der Waals surface area contributed by atoms with Crippen molar-refractivity contribution in [1.29, 1.82) is 0 Å². The van der Waals surface area contributed by atoms with Gasteiger partial charge in [0.05, 0.1) is 5.56 Å². The van der Waals surface area contributed by atoms with E-state index in [0.717, 1.165) is 36.8 Å². The molecular weight excluding hydrogens is 382 g/mol. The van der Waals surface area contributed by atoms with Gasteiger partial charge in [-0.05, 0) is 73.2 Å². The van der Waals surface area contributed by atoms with Crippen molar-refractivity contribution in [3.8, 4) is 0 Å². The topological polar surface area (TPSA) is 76.8 Å². The molecule has 1 aliphatic carbocycles. The Morgan fingerprint density at radius 3 is 2.47 bits per heavy atom. The molecule has 0 saturated carbocycles. The second kappa shape index (κ2) is 7.44. The summed E-state index contributed by atoms with van der Waals surface area (Å²) in [6.45, 7) is 0.697. The molecule has 2 aliphatic rings. The van der Waals surface area contributed by atoms with Crippen LogP contribution in [0.1, 0.15) is 46.3 Å². The molecule has 0 bridgehead atoms. The van der Waals surface area contributed by atoms with E-state index in [1.807, 2.05) is 12.1 Å². The lowest BCUT2D eigenvalue weighted by Crippen LogP contribution is -2.23. The monoisotopic (exact) mass is 403 g/mol. The molecule has 2 aromatic carbocycles. The number of amides is 1. The van der Waals surface area contributed by atoms with Crippen molar-refractivity contribution in [2.45, 2.75) is 38.7 Å². The summed E-state index contributed by atoms with van der Waals surface area (Å²) in [6, 6.07) is 12.2. The summed E-state index contributed by atoms with van der Waals surface area (Å²) in [5, 5.41) is 0.811. The van der Waals surface area contributed by atoms with Crippen LogP contribution in [0.2, 0.25) is 0 Å². The molecule has 152 valence electrons. The van der Waals surface area contributed by atoms with Crippen LogP contribution in [0.4, 0.5) is 5.69 Å². The summed E-state index contributed by atoms with van der Waals surface area (Å²) >= 11 is 0. The highest BCUT2D eigenvalue weighted by Gasteiger charge is 2.22. The fourth-order valence-corrected chi connectivity index (χ4v) is 4.34. The van der Waals surface area contributed by atoms with Crippen LogP contribution in [0.3, 0.4) is 0 Å². The number of rotatable bonds is 4. The lowest BCUT2D eigenvalue weighted by molar-refractivity contribution is -0.117. The van der Waals surface area contributed by atoms with Gasteiger partial charge < -0.3 is 14.1 Å². The van der Waals surface area contributed by atoms with Gasteiger partial charge in [0.1, 0.15) is 12.2 Å². The van der Waals surface area contributed by atoms with Gasteiger partial charge in [0.25, 0.3) is 0 Å². The van der Waals surface area contributed by atoms with E-state index in [1.54, 1.807) is 29.2 Å². The Hall–Kier alpha value is -3.41. The van der Waals surface area contributed by atoms with Gasteiger partial charge in [-0.2, -0.15) is 0 Å².